The molecule has 1 aliphatic carbocycles. The van der Waals surface area contributed by atoms with Crippen molar-refractivity contribution in [2.75, 3.05) is 19.6 Å². The Bertz CT molecular complexity index is 459. The van der Waals surface area contributed by atoms with Crippen molar-refractivity contribution in [3.63, 3.8) is 0 Å². The number of rotatable bonds is 6. The van der Waals surface area contributed by atoms with Crippen molar-refractivity contribution in [2.45, 2.75) is 58.5 Å². The molecule has 1 N–H and O–H groups in total. The zero-order valence-corrected chi connectivity index (χ0v) is 13.9. The number of likely N-dealkylation sites (tertiary alicyclic amines) is 1. The van der Waals surface area contributed by atoms with Crippen molar-refractivity contribution in [3.05, 3.63) is 35.4 Å². The second-order valence-electron chi connectivity index (χ2n) is 7.95. The molecule has 1 aromatic rings. The molecule has 0 aromatic heterocycles. The Balaban J connectivity index is 1.51. The van der Waals surface area contributed by atoms with Gasteiger partial charge in [-0.25, -0.2) is 0 Å². The summed E-state index contributed by atoms with van der Waals surface area (Å²) in [5.74, 6) is 0.616. The Kier molecular flexibility index (Phi) is 4.37. The van der Waals surface area contributed by atoms with Gasteiger partial charge in [-0.2, -0.15) is 0 Å². The predicted molar refractivity (Wildman–Crippen MR) is 89.6 cm³/mol. The van der Waals surface area contributed by atoms with Gasteiger partial charge in [0.1, 0.15) is 0 Å². The molecule has 0 bridgehead atoms. The highest BCUT2D eigenvalue weighted by Crippen LogP contribution is 2.30. The smallest absolute Gasteiger partial charge is 0.0233 e. The minimum Gasteiger partial charge on any atom is -0.313 e. The lowest BCUT2D eigenvalue weighted by Gasteiger charge is -2.20. The fourth-order valence-electron chi connectivity index (χ4n) is 3.32. The van der Waals surface area contributed by atoms with Crippen molar-refractivity contribution in [3.8, 4) is 0 Å². The molecule has 2 fully saturated rings. The summed E-state index contributed by atoms with van der Waals surface area (Å²) in [4.78, 5) is 2.59. The standard InChI is InChI=1S/C19H30N2/c1-15(12-20-18-8-9-18)17-6-4-16(5-7-17)13-21-11-10-19(2,3)14-21/h4-7,15,18,20H,8-14H2,1-3H3. The van der Waals surface area contributed by atoms with E-state index in [1.165, 1.54) is 43.5 Å². The Morgan fingerprint density at radius 1 is 1.24 bits per heavy atom. The first-order valence-electron chi connectivity index (χ1n) is 8.56. The third kappa shape index (κ3) is 4.31. The van der Waals surface area contributed by atoms with Gasteiger partial charge in [0, 0.05) is 25.7 Å². The van der Waals surface area contributed by atoms with Gasteiger partial charge in [-0.15, -0.1) is 0 Å². The quantitative estimate of drug-likeness (QED) is 0.856. The van der Waals surface area contributed by atoms with Crippen molar-refractivity contribution in [2.24, 2.45) is 5.41 Å². The highest BCUT2D eigenvalue weighted by Gasteiger charge is 2.28. The lowest BCUT2D eigenvalue weighted by Crippen LogP contribution is -2.23. The molecule has 3 rings (SSSR count). The molecule has 1 unspecified atom stereocenters. The van der Waals surface area contributed by atoms with E-state index in [2.05, 4.69) is 55.3 Å². The van der Waals surface area contributed by atoms with Crippen LogP contribution in [-0.2, 0) is 6.54 Å². The Morgan fingerprint density at radius 3 is 2.52 bits per heavy atom. The van der Waals surface area contributed by atoms with Gasteiger partial charge in [-0.1, -0.05) is 45.0 Å². The number of nitrogens with zero attached hydrogens (tertiary/aromatic N) is 1. The van der Waals surface area contributed by atoms with Crippen LogP contribution in [0.1, 0.15) is 57.1 Å². The monoisotopic (exact) mass is 286 g/mol. The SMILES string of the molecule is CC(CNC1CC1)c1ccc(CN2CCC(C)(C)C2)cc1. The maximum atomic E-state index is 3.63. The molecular formula is C19H30N2. The van der Waals surface area contributed by atoms with E-state index in [9.17, 15) is 0 Å². The molecule has 0 amide bonds. The Morgan fingerprint density at radius 2 is 1.95 bits per heavy atom. The maximum absolute atomic E-state index is 3.63. The summed E-state index contributed by atoms with van der Waals surface area (Å²) < 4.78 is 0. The third-order valence-electron chi connectivity index (χ3n) is 5.00. The van der Waals surface area contributed by atoms with E-state index in [-0.39, 0.29) is 0 Å². The van der Waals surface area contributed by atoms with Gasteiger partial charge in [-0.3, -0.25) is 4.90 Å². The van der Waals surface area contributed by atoms with E-state index in [1.54, 1.807) is 0 Å². The predicted octanol–water partition coefficient (Wildman–Crippen LogP) is 3.77. The number of nitrogens with one attached hydrogen (secondary N) is 1. The molecule has 1 saturated carbocycles. The van der Waals surface area contributed by atoms with Crippen molar-refractivity contribution in [1.29, 1.82) is 0 Å². The zero-order valence-electron chi connectivity index (χ0n) is 13.9. The van der Waals surface area contributed by atoms with Crippen LogP contribution >= 0.6 is 0 Å². The molecule has 2 aliphatic rings. The van der Waals surface area contributed by atoms with Crippen LogP contribution < -0.4 is 5.32 Å². The summed E-state index contributed by atoms with van der Waals surface area (Å²) >= 11 is 0. The molecule has 2 heteroatoms. The van der Waals surface area contributed by atoms with Gasteiger partial charge >= 0.3 is 0 Å². The molecule has 1 heterocycles. The van der Waals surface area contributed by atoms with E-state index in [1.807, 2.05) is 0 Å². The average molecular weight is 286 g/mol. The summed E-state index contributed by atoms with van der Waals surface area (Å²) in [6.07, 6.45) is 4.07. The maximum Gasteiger partial charge on any atom is 0.0233 e. The van der Waals surface area contributed by atoms with Crippen LogP contribution in [0.4, 0.5) is 0 Å². The lowest BCUT2D eigenvalue weighted by atomic mass is 9.93. The second-order valence-corrected chi connectivity index (χ2v) is 7.95. The summed E-state index contributed by atoms with van der Waals surface area (Å²) in [5.41, 5.74) is 3.43. The minimum atomic E-state index is 0.503. The first-order valence-corrected chi connectivity index (χ1v) is 8.56. The second kappa shape index (κ2) is 6.10. The highest BCUT2D eigenvalue weighted by molar-refractivity contribution is 5.25. The van der Waals surface area contributed by atoms with E-state index in [0.717, 1.165) is 19.1 Å². The molecule has 116 valence electrons. The van der Waals surface area contributed by atoms with E-state index in [4.69, 9.17) is 0 Å². The molecule has 1 aliphatic heterocycles. The number of benzene rings is 1. The fourth-order valence-corrected chi connectivity index (χ4v) is 3.32. The Hall–Kier alpha value is -0.860. The molecule has 1 atom stereocenters. The van der Waals surface area contributed by atoms with Crippen LogP contribution in [-0.4, -0.2) is 30.6 Å². The van der Waals surface area contributed by atoms with Gasteiger partial charge < -0.3 is 5.32 Å². The molecular weight excluding hydrogens is 256 g/mol. The number of hydrogen-bond acceptors (Lipinski definition) is 2. The first-order chi connectivity index (χ1) is 10.0. The summed E-state index contributed by atoms with van der Waals surface area (Å²) in [7, 11) is 0. The van der Waals surface area contributed by atoms with Gasteiger partial charge in [0.25, 0.3) is 0 Å². The topological polar surface area (TPSA) is 15.3 Å². The average Bonchev–Trinajstić information content (AvgIpc) is 3.21. The summed E-state index contributed by atoms with van der Waals surface area (Å²) in [5, 5.41) is 3.63. The minimum absolute atomic E-state index is 0.503. The highest BCUT2D eigenvalue weighted by atomic mass is 15.1. The molecule has 21 heavy (non-hydrogen) atoms. The van der Waals surface area contributed by atoms with Crippen LogP contribution in [0.2, 0.25) is 0 Å². The van der Waals surface area contributed by atoms with E-state index < -0.39 is 0 Å². The fraction of sp³-hybridized carbons (Fsp3) is 0.684. The van der Waals surface area contributed by atoms with Crippen molar-refractivity contribution < 1.29 is 0 Å². The first kappa shape index (κ1) is 15.1. The molecule has 2 nitrogen and oxygen atoms in total. The van der Waals surface area contributed by atoms with Crippen LogP contribution in [0.3, 0.4) is 0 Å². The van der Waals surface area contributed by atoms with Crippen molar-refractivity contribution >= 4 is 0 Å². The Labute approximate surface area is 129 Å². The van der Waals surface area contributed by atoms with Crippen LogP contribution in [0.25, 0.3) is 0 Å². The van der Waals surface area contributed by atoms with Gasteiger partial charge in [0.15, 0.2) is 0 Å². The van der Waals surface area contributed by atoms with Gasteiger partial charge in [0.05, 0.1) is 0 Å². The summed E-state index contributed by atoms with van der Waals surface area (Å²) in [6.45, 7) is 11.8. The van der Waals surface area contributed by atoms with Gasteiger partial charge in [0.2, 0.25) is 0 Å². The van der Waals surface area contributed by atoms with E-state index >= 15 is 0 Å². The van der Waals surface area contributed by atoms with Crippen LogP contribution in [0, 0.1) is 5.41 Å². The molecule has 1 saturated heterocycles. The molecule has 1 aromatic carbocycles. The zero-order chi connectivity index (χ0) is 14.9. The third-order valence-corrected chi connectivity index (χ3v) is 5.00. The molecule has 0 radical (unpaired) electrons. The van der Waals surface area contributed by atoms with Crippen molar-refractivity contribution in [1.82, 2.24) is 10.2 Å². The number of hydrogen-bond donors (Lipinski definition) is 1. The van der Waals surface area contributed by atoms with Crippen LogP contribution in [0.5, 0.6) is 0 Å². The van der Waals surface area contributed by atoms with Gasteiger partial charge in [-0.05, 0) is 48.3 Å². The normalized spacial score (nSPS) is 23.4. The summed E-state index contributed by atoms with van der Waals surface area (Å²) in [6, 6.07) is 10.1. The van der Waals surface area contributed by atoms with Crippen LogP contribution in [0.15, 0.2) is 24.3 Å². The van der Waals surface area contributed by atoms with E-state index in [0.29, 0.717) is 11.3 Å². The lowest BCUT2D eigenvalue weighted by molar-refractivity contribution is 0.284. The largest absolute Gasteiger partial charge is 0.313 e. The molecule has 0 spiro atoms.